The Morgan fingerprint density at radius 2 is 2.17 bits per heavy atom. The van der Waals surface area contributed by atoms with E-state index in [1.54, 1.807) is 7.11 Å². The Labute approximate surface area is 172 Å². The summed E-state index contributed by atoms with van der Waals surface area (Å²) >= 11 is 0. The van der Waals surface area contributed by atoms with E-state index in [1.165, 1.54) is 11.1 Å². The van der Waals surface area contributed by atoms with E-state index in [9.17, 15) is 9.90 Å². The van der Waals surface area contributed by atoms with Crippen LogP contribution in [0.1, 0.15) is 51.2 Å². The number of hydrogen-bond donors (Lipinski definition) is 1. The molecule has 0 fully saturated rings. The minimum Gasteiger partial charge on any atom is -0.493 e. The van der Waals surface area contributed by atoms with Crippen molar-refractivity contribution in [2.45, 2.75) is 69.8 Å². The Hall–Kier alpha value is -2.05. The number of ether oxygens (including phenoxy) is 3. The third-order valence-electron chi connectivity index (χ3n) is 6.09. The zero-order valence-electron chi connectivity index (χ0n) is 17.7. The molecule has 6 heteroatoms. The third kappa shape index (κ3) is 3.76. The molecule has 0 aromatic heterocycles. The molecule has 0 bridgehead atoms. The van der Waals surface area contributed by atoms with Crippen LogP contribution in [0.2, 0.25) is 0 Å². The minimum atomic E-state index is -0.485. The van der Waals surface area contributed by atoms with Gasteiger partial charge in [0.05, 0.1) is 25.0 Å². The molecule has 3 atom stereocenters. The first-order valence-electron chi connectivity index (χ1n) is 10.4. The Morgan fingerprint density at radius 3 is 2.90 bits per heavy atom. The smallest absolute Gasteiger partial charge is 0.307 e. The Bertz CT molecular complexity index is 827. The molecule has 0 saturated carbocycles. The van der Waals surface area contributed by atoms with Crippen LogP contribution < -0.4 is 9.47 Å². The maximum absolute atomic E-state index is 12.2. The number of esters is 1. The molecule has 2 heterocycles. The van der Waals surface area contributed by atoms with Crippen molar-refractivity contribution < 1.29 is 24.1 Å². The first kappa shape index (κ1) is 20.2. The first-order valence-corrected chi connectivity index (χ1v) is 10.4. The number of aliphatic hydroxyl groups excluding tert-OH is 1. The minimum absolute atomic E-state index is 0.0987. The molecule has 1 aromatic carbocycles. The second-order valence-corrected chi connectivity index (χ2v) is 9.30. The van der Waals surface area contributed by atoms with Gasteiger partial charge >= 0.3 is 5.97 Å². The zero-order valence-corrected chi connectivity index (χ0v) is 17.7. The predicted octanol–water partition coefficient (Wildman–Crippen LogP) is 2.95. The lowest BCUT2D eigenvalue weighted by atomic mass is 9.69. The number of aliphatic hydroxyl groups is 1. The summed E-state index contributed by atoms with van der Waals surface area (Å²) in [5.41, 5.74) is 1.67. The molecule has 2 unspecified atom stereocenters. The lowest BCUT2D eigenvalue weighted by Gasteiger charge is -2.35. The van der Waals surface area contributed by atoms with Crippen LogP contribution in [-0.2, 0) is 21.5 Å². The molecule has 0 saturated heterocycles. The summed E-state index contributed by atoms with van der Waals surface area (Å²) in [5, 5.41) is 10.2. The number of carbonyl (C=O) groups excluding carboxylic acids is 1. The largest absolute Gasteiger partial charge is 0.493 e. The number of carbonyl (C=O) groups is 1. The van der Waals surface area contributed by atoms with Gasteiger partial charge in [-0.3, -0.25) is 9.69 Å². The highest BCUT2D eigenvalue weighted by atomic mass is 16.6. The SMILES string of the molecule is COc1ccc2c3c1O[C@@H]1CC(O)C=CC31CCN(CCC(=O)OC(C)(C)C)C2. The molecular formula is C23H31NO5. The van der Waals surface area contributed by atoms with E-state index in [0.717, 1.165) is 31.0 Å². The Morgan fingerprint density at radius 1 is 1.38 bits per heavy atom. The van der Waals surface area contributed by atoms with Crippen molar-refractivity contribution >= 4 is 5.97 Å². The van der Waals surface area contributed by atoms with Crippen LogP contribution in [0.15, 0.2) is 24.3 Å². The molecule has 1 aromatic rings. The first-order chi connectivity index (χ1) is 13.7. The summed E-state index contributed by atoms with van der Waals surface area (Å²) in [5.74, 6) is 1.38. The van der Waals surface area contributed by atoms with E-state index in [1.807, 2.05) is 32.9 Å². The Balaban J connectivity index is 1.60. The summed E-state index contributed by atoms with van der Waals surface area (Å²) in [6.07, 6.45) is 5.27. The molecule has 158 valence electrons. The van der Waals surface area contributed by atoms with Gasteiger partial charge in [-0.1, -0.05) is 18.2 Å². The van der Waals surface area contributed by atoms with Gasteiger partial charge < -0.3 is 19.3 Å². The zero-order chi connectivity index (χ0) is 20.8. The maximum atomic E-state index is 12.2. The fourth-order valence-corrected chi connectivity index (χ4v) is 4.83. The van der Waals surface area contributed by atoms with Gasteiger partial charge in [0, 0.05) is 25.1 Å². The van der Waals surface area contributed by atoms with Gasteiger partial charge in [-0.25, -0.2) is 0 Å². The molecular weight excluding hydrogens is 370 g/mol. The van der Waals surface area contributed by atoms with E-state index in [4.69, 9.17) is 14.2 Å². The fraction of sp³-hybridized carbons (Fsp3) is 0.609. The van der Waals surface area contributed by atoms with Crippen LogP contribution in [0.5, 0.6) is 11.5 Å². The van der Waals surface area contributed by atoms with Gasteiger partial charge in [-0.15, -0.1) is 0 Å². The molecule has 0 amide bonds. The molecule has 1 N–H and O–H groups in total. The van der Waals surface area contributed by atoms with Crippen LogP contribution in [0.4, 0.5) is 0 Å². The van der Waals surface area contributed by atoms with E-state index in [0.29, 0.717) is 19.4 Å². The predicted molar refractivity (Wildman–Crippen MR) is 109 cm³/mol. The summed E-state index contributed by atoms with van der Waals surface area (Å²) in [6.45, 7) is 7.93. The third-order valence-corrected chi connectivity index (χ3v) is 6.09. The number of rotatable bonds is 4. The molecule has 1 spiro atoms. The topological polar surface area (TPSA) is 68.2 Å². The molecule has 29 heavy (non-hydrogen) atoms. The molecule has 6 nitrogen and oxygen atoms in total. The average molecular weight is 402 g/mol. The maximum Gasteiger partial charge on any atom is 0.307 e. The van der Waals surface area contributed by atoms with Crippen molar-refractivity contribution in [1.82, 2.24) is 4.90 Å². The molecule has 0 radical (unpaired) electrons. The van der Waals surface area contributed by atoms with Crippen molar-refractivity contribution in [3.8, 4) is 11.5 Å². The van der Waals surface area contributed by atoms with Gasteiger partial charge in [0.15, 0.2) is 11.5 Å². The molecule has 2 aliphatic heterocycles. The number of benzene rings is 1. The average Bonchev–Trinajstić information content (AvgIpc) is 2.88. The van der Waals surface area contributed by atoms with E-state index in [2.05, 4.69) is 17.0 Å². The van der Waals surface area contributed by atoms with Crippen LogP contribution in [-0.4, -0.2) is 54.0 Å². The lowest BCUT2D eigenvalue weighted by Crippen LogP contribution is -2.43. The molecule has 4 rings (SSSR count). The van der Waals surface area contributed by atoms with Crippen LogP contribution in [0.25, 0.3) is 0 Å². The molecule has 3 aliphatic rings. The second kappa shape index (κ2) is 7.33. The van der Waals surface area contributed by atoms with Gasteiger partial charge in [0.2, 0.25) is 0 Å². The van der Waals surface area contributed by atoms with Gasteiger partial charge in [0.25, 0.3) is 0 Å². The van der Waals surface area contributed by atoms with Crippen molar-refractivity contribution in [1.29, 1.82) is 0 Å². The highest BCUT2D eigenvalue weighted by Crippen LogP contribution is 2.55. The molecule has 1 aliphatic carbocycles. The van der Waals surface area contributed by atoms with Crippen molar-refractivity contribution in [2.24, 2.45) is 0 Å². The van der Waals surface area contributed by atoms with E-state index < -0.39 is 11.7 Å². The van der Waals surface area contributed by atoms with Gasteiger partial charge in [-0.2, -0.15) is 0 Å². The monoisotopic (exact) mass is 401 g/mol. The summed E-state index contributed by atoms with van der Waals surface area (Å²) in [4.78, 5) is 14.5. The van der Waals surface area contributed by atoms with Crippen LogP contribution in [0.3, 0.4) is 0 Å². The highest BCUT2D eigenvalue weighted by molar-refractivity contribution is 5.70. The summed E-state index contributed by atoms with van der Waals surface area (Å²) < 4.78 is 17.4. The number of hydrogen-bond acceptors (Lipinski definition) is 6. The Kier molecular flexibility index (Phi) is 5.11. The second-order valence-electron chi connectivity index (χ2n) is 9.30. The normalized spacial score (nSPS) is 28.2. The van der Waals surface area contributed by atoms with Crippen LogP contribution >= 0.6 is 0 Å². The van der Waals surface area contributed by atoms with Crippen LogP contribution in [0, 0.1) is 0 Å². The van der Waals surface area contributed by atoms with Crippen molar-refractivity contribution in [2.75, 3.05) is 20.2 Å². The quantitative estimate of drug-likeness (QED) is 0.618. The lowest BCUT2D eigenvalue weighted by molar-refractivity contribution is -0.155. The summed E-state index contributed by atoms with van der Waals surface area (Å²) in [6, 6.07) is 4.06. The van der Waals surface area contributed by atoms with Crippen molar-refractivity contribution in [3.63, 3.8) is 0 Å². The summed E-state index contributed by atoms with van der Waals surface area (Å²) in [7, 11) is 1.66. The fourth-order valence-electron chi connectivity index (χ4n) is 4.83. The van der Waals surface area contributed by atoms with Crippen molar-refractivity contribution in [3.05, 3.63) is 35.4 Å². The number of methoxy groups -OCH3 is 1. The van der Waals surface area contributed by atoms with E-state index in [-0.39, 0.29) is 17.5 Å². The van der Waals surface area contributed by atoms with Gasteiger partial charge in [0.1, 0.15) is 11.7 Å². The van der Waals surface area contributed by atoms with E-state index >= 15 is 0 Å². The highest BCUT2D eigenvalue weighted by Gasteiger charge is 2.52. The van der Waals surface area contributed by atoms with Gasteiger partial charge in [-0.05, 0) is 45.4 Å². The standard InChI is InChI=1S/C23H31NO5/c1-22(2,3)29-19(26)8-11-24-12-10-23-9-7-16(25)13-18(23)28-21-17(27-4)6-5-15(14-24)20(21)23/h5-7,9,16,18,25H,8,10-14H2,1-4H3/t16?,18-,23?/m1/s1. The number of nitrogens with zero attached hydrogens (tertiary/aromatic N) is 1.